The van der Waals surface area contributed by atoms with E-state index in [2.05, 4.69) is 79.6 Å². The van der Waals surface area contributed by atoms with Crippen LogP contribution >= 0.6 is 11.3 Å². The fraction of sp³-hybridized carbons (Fsp3) is 0.238. The van der Waals surface area contributed by atoms with Crippen LogP contribution < -0.4 is 5.43 Å². The van der Waals surface area contributed by atoms with Gasteiger partial charge in [0.15, 0.2) is 0 Å². The third kappa shape index (κ3) is 4.34. The summed E-state index contributed by atoms with van der Waals surface area (Å²) in [6.45, 7) is 8.73. The highest BCUT2D eigenvalue weighted by Gasteiger charge is 2.12. The molecule has 1 N–H and O–H groups in total. The molecule has 1 heterocycles. The van der Waals surface area contributed by atoms with Crippen molar-refractivity contribution in [3.63, 3.8) is 0 Å². The Labute approximate surface area is 153 Å². The molecule has 1 aromatic heterocycles. The summed E-state index contributed by atoms with van der Waals surface area (Å²) in [5.74, 6) is 0. The second-order valence-electron chi connectivity index (χ2n) is 7.03. The van der Waals surface area contributed by atoms with Crippen LogP contribution in [0.1, 0.15) is 36.8 Å². The number of benzene rings is 2. The zero-order valence-corrected chi connectivity index (χ0v) is 15.9. The lowest BCUT2D eigenvalue weighted by Crippen LogP contribution is -2.10. The van der Waals surface area contributed by atoms with Crippen LogP contribution in [0.15, 0.2) is 59.7 Å². The average Bonchev–Trinajstić information content (AvgIpc) is 2.96. The summed E-state index contributed by atoms with van der Waals surface area (Å²) in [7, 11) is 0. The standard InChI is InChI=1S/C21H23N3S/c1-15-19(17-8-6-5-7-9-17)23-20(25-15)24-22-14-16-10-12-18(13-11-16)21(2,3)4/h5-14H,1-4H3,(H,23,24)/b22-14-. The largest absolute Gasteiger partial charge is 0.253 e. The number of hydrazone groups is 1. The monoisotopic (exact) mass is 349 g/mol. The van der Waals surface area contributed by atoms with Crippen molar-refractivity contribution < 1.29 is 0 Å². The van der Waals surface area contributed by atoms with Crippen molar-refractivity contribution in [1.29, 1.82) is 0 Å². The number of rotatable bonds is 4. The van der Waals surface area contributed by atoms with E-state index in [1.54, 1.807) is 11.3 Å². The van der Waals surface area contributed by atoms with Gasteiger partial charge in [0.1, 0.15) is 0 Å². The van der Waals surface area contributed by atoms with E-state index in [0.29, 0.717) is 0 Å². The highest BCUT2D eigenvalue weighted by molar-refractivity contribution is 7.15. The Bertz CT molecular complexity index is 856. The van der Waals surface area contributed by atoms with Gasteiger partial charge in [-0.1, -0.05) is 75.4 Å². The minimum absolute atomic E-state index is 0.167. The maximum atomic E-state index is 4.65. The lowest BCUT2D eigenvalue weighted by molar-refractivity contribution is 0.590. The molecule has 0 spiro atoms. The molecule has 0 amide bonds. The van der Waals surface area contributed by atoms with Crippen molar-refractivity contribution in [2.45, 2.75) is 33.1 Å². The van der Waals surface area contributed by atoms with E-state index < -0.39 is 0 Å². The van der Waals surface area contributed by atoms with Gasteiger partial charge in [-0.2, -0.15) is 5.10 Å². The molecule has 0 radical (unpaired) electrons. The predicted molar refractivity (Wildman–Crippen MR) is 109 cm³/mol. The second kappa shape index (κ2) is 7.19. The van der Waals surface area contributed by atoms with E-state index >= 15 is 0 Å². The number of nitrogens with zero attached hydrogens (tertiary/aromatic N) is 2. The number of aromatic nitrogens is 1. The molecule has 0 aliphatic rings. The smallest absolute Gasteiger partial charge is 0.204 e. The van der Waals surface area contributed by atoms with E-state index in [-0.39, 0.29) is 5.41 Å². The van der Waals surface area contributed by atoms with Crippen molar-refractivity contribution in [3.05, 3.63) is 70.6 Å². The van der Waals surface area contributed by atoms with E-state index in [1.165, 1.54) is 10.4 Å². The summed E-state index contributed by atoms with van der Waals surface area (Å²) in [6, 6.07) is 18.7. The molecule has 3 nitrogen and oxygen atoms in total. The molecule has 0 saturated carbocycles. The maximum absolute atomic E-state index is 4.65. The van der Waals surface area contributed by atoms with E-state index in [1.807, 2.05) is 24.4 Å². The first-order chi connectivity index (χ1) is 11.9. The number of hydrogen-bond acceptors (Lipinski definition) is 4. The Morgan fingerprint density at radius 2 is 1.68 bits per heavy atom. The fourth-order valence-electron chi connectivity index (χ4n) is 2.54. The van der Waals surface area contributed by atoms with Crippen molar-refractivity contribution >= 4 is 22.7 Å². The zero-order valence-electron chi connectivity index (χ0n) is 15.1. The maximum Gasteiger partial charge on any atom is 0.204 e. The van der Waals surface area contributed by atoms with Gasteiger partial charge in [-0.3, -0.25) is 5.43 Å². The van der Waals surface area contributed by atoms with Crippen LogP contribution in [0.5, 0.6) is 0 Å². The normalized spacial score (nSPS) is 11.8. The SMILES string of the molecule is Cc1sc(N/N=C\c2ccc(C(C)(C)C)cc2)nc1-c1ccccc1. The molecule has 0 unspecified atom stereocenters. The topological polar surface area (TPSA) is 37.3 Å². The molecule has 128 valence electrons. The molecule has 0 bridgehead atoms. The average molecular weight is 350 g/mol. The third-order valence-electron chi connectivity index (χ3n) is 3.99. The van der Waals surface area contributed by atoms with Gasteiger partial charge >= 0.3 is 0 Å². The van der Waals surface area contributed by atoms with Crippen LogP contribution in [0.3, 0.4) is 0 Å². The van der Waals surface area contributed by atoms with Crippen molar-refractivity contribution in [2.24, 2.45) is 5.10 Å². The van der Waals surface area contributed by atoms with Gasteiger partial charge < -0.3 is 0 Å². The molecule has 25 heavy (non-hydrogen) atoms. The summed E-state index contributed by atoms with van der Waals surface area (Å²) in [4.78, 5) is 5.83. The number of nitrogens with one attached hydrogen (secondary N) is 1. The summed E-state index contributed by atoms with van der Waals surface area (Å²) in [6.07, 6.45) is 1.82. The molecule has 0 aliphatic carbocycles. The number of anilines is 1. The first-order valence-electron chi connectivity index (χ1n) is 8.36. The van der Waals surface area contributed by atoms with E-state index in [0.717, 1.165) is 22.0 Å². The minimum atomic E-state index is 0.167. The van der Waals surface area contributed by atoms with Crippen molar-refractivity contribution in [3.8, 4) is 11.3 Å². The summed E-state index contributed by atoms with van der Waals surface area (Å²) < 4.78 is 0. The fourth-order valence-corrected chi connectivity index (χ4v) is 3.32. The second-order valence-corrected chi connectivity index (χ2v) is 8.24. The first-order valence-corrected chi connectivity index (χ1v) is 9.17. The zero-order chi connectivity index (χ0) is 17.9. The highest BCUT2D eigenvalue weighted by Crippen LogP contribution is 2.30. The van der Waals surface area contributed by atoms with E-state index in [9.17, 15) is 0 Å². The molecule has 4 heteroatoms. The molecular formula is C21H23N3S. The van der Waals surface area contributed by atoms with Crippen molar-refractivity contribution in [1.82, 2.24) is 4.98 Å². The molecular weight excluding hydrogens is 326 g/mol. The number of thiazole rings is 1. The minimum Gasteiger partial charge on any atom is -0.253 e. The molecule has 3 rings (SSSR count). The molecule has 2 aromatic carbocycles. The van der Waals surface area contributed by atoms with Gasteiger partial charge in [0.25, 0.3) is 0 Å². The number of aryl methyl sites for hydroxylation is 1. The first kappa shape index (κ1) is 17.4. The Kier molecular flexibility index (Phi) is 5.00. The Balaban J connectivity index is 1.69. The van der Waals surface area contributed by atoms with Crippen LogP contribution in [-0.4, -0.2) is 11.2 Å². The lowest BCUT2D eigenvalue weighted by Gasteiger charge is -2.18. The summed E-state index contributed by atoms with van der Waals surface area (Å²) in [5, 5.41) is 5.13. The van der Waals surface area contributed by atoms with Crippen LogP contribution in [0, 0.1) is 6.92 Å². The quantitative estimate of drug-likeness (QED) is 0.473. The van der Waals surface area contributed by atoms with Crippen LogP contribution in [0.25, 0.3) is 11.3 Å². The van der Waals surface area contributed by atoms with Gasteiger partial charge in [-0.05, 0) is 23.5 Å². The van der Waals surface area contributed by atoms with Gasteiger partial charge in [-0.25, -0.2) is 4.98 Å². The summed E-state index contributed by atoms with van der Waals surface area (Å²) in [5.41, 5.74) is 7.74. The third-order valence-corrected chi connectivity index (χ3v) is 4.87. The molecule has 0 saturated heterocycles. The van der Waals surface area contributed by atoms with Crippen LogP contribution in [0.4, 0.5) is 5.13 Å². The lowest BCUT2D eigenvalue weighted by atomic mass is 9.87. The Morgan fingerprint density at radius 1 is 1.00 bits per heavy atom. The van der Waals surface area contributed by atoms with Crippen LogP contribution in [0.2, 0.25) is 0 Å². The summed E-state index contributed by atoms with van der Waals surface area (Å²) >= 11 is 1.61. The Hall–Kier alpha value is -2.46. The van der Waals surface area contributed by atoms with Gasteiger partial charge in [0, 0.05) is 10.4 Å². The molecule has 0 aliphatic heterocycles. The molecule has 3 aromatic rings. The molecule has 0 fully saturated rings. The predicted octanol–water partition coefficient (Wildman–Crippen LogP) is 5.86. The van der Waals surface area contributed by atoms with Gasteiger partial charge in [0.05, 0.1) is 11.9 Å². The van der Waals surface area contributed by atoms with Gasteiger partial charge in [0.2, 0.25) is 5.13 Å². The Morgan fingerprint density at radius 3 is 2.32 bits per heavy atom. The van der Waals surface area contributed by atoms with E-state index in [4.69, 9.17) is 0 Å². The molecule has 0 atom stereocenters. The highest BCUT2D eigenvalue weighted by atomic mass is 32.1. The van der Waals surface area contributed by atoms with Gasteiger partial charge in [-0.15, -0.1) is 11.3 Å². The number of hydrogen-bond donors (Lipinski definition) is 1. The van der Waals surface area contributed by atoms with Crippen molar-refractivity contribution in [2.75, 3.05) is 5.43 Å². The van der Waals surface area contributed by atoms with Crippen LogP contribution in [-0.2, 0) is 5.41 Å².